The van der Waals surface area contributed by atoms with Crippen molar-refractivity contribution in [2.75, 3.05) is 6.61 Å². The van der Waals surface area contributed by atoms with Gasteiger partial charge in [-0.2, -0.15) is 0 Å². The molecule has 2 atom stereocenters. The van der Waals surface area contributed by atoms with Crippen LogP contribution in [0.4, 0.5) is 4.79 Å². The maximum absolute atomic E-state index is 13.3. The lowest BCUT2D eigenvalue weighted by molar-refractivity contribution is -0.134. The summed E-state index contributed by atoms with van der Waals surface area (Å²) >= 11 is 0. The SMILES string of the molecule is C/C1=C\CC/C(C)=C/CC(C(=O)N2C(=O)OC[C@H]2C(C)C)CC/C(C)=C/CC1. The summed E-state index contributed by atoms with van der Waals surface area (Å²) in [7, 11) is 0. The molecule has 0 radical (unpaired) electrons. The summed E-state index contributed by atoms with van der Waals surface area (Å²) in [5.74, 6) is -0.0471. The second-order valence-corrected chi connectivity index (χ2v) is 8.80. The lowest BCUT2D eigenvalue weighted by Gasteiger charge is -2.26. The van der Waals surface area contributed by atoms with Gasteiger partial charge >= 0.3 is 6.09 Å². The molecule has 2 rings (SSSR count). The molecule has 0 spiro atoms. The fourth-order valence-corrected chi connectivity index (χ4v) is 3.86. The summed E-state index contributed by atoms with van der Waals surface area (Å²) in [4.78, 5) is 26.9. The standard InChI is InChI=1S/C24H37NO3/c1-17(2)22-16-28-24(27)25(22)23(26)21-14-12-19(4)10-6-8-18(3)9-7-11-20(5)13-15-21/h8,11-12,17,21-22H,6-7,9-10,13-16H2,1-5H3/b18-8+,19-12+,20-11+/t21?,22-/m0/s1. The normalized spacial score (nSPS) is 31.1. The molecule has 2 amide bonds. The van der Waals surface area contributed by atoms with Crippen molar-refractivity contribution in [1.82, 2.24) is 4.90 Å². The molecular weight excluding hydrogens is 350 g/mol. The topological polar surface area (TPSA) is 46.6 Å². The van der Waals surface area contributed by atoms with Crippen LogP contribution in [-0.2, 0) is 9.53 Å². The highest BCUT2D eigenvalue weighted by atomic mass is 16.6. The first-order chi connectivity index (χ1) is 13.3. The second-order valence-electron chi connectivity index (χ2n) is 8.80. The van der Waals surface area contributed by atoms with Crippen molar-refractivity contribution in [2.45, 2.75) is 85.6 Å². The fourth-order valence-electron chi connectivity index (χ4n) is 3.86. The summed E-state index contributed by atoms with van der Waals surface area (Å²) < 4.78 is 5.20. The van der Waals surface area contributed by atoms with E-state index in [-0.39, 0.29) is 23.8 Å². The fraction of sp³-hybridized carbons (Fsp3) is 0.667. The summed E-state index contributed by atoms with van der Waals surface area (Å²) in [6.45, 7) is 10.9. The molecule has 1 unspecified atom stereocenters. The molecule has 1 aliphatic carbocycles. The third-order valence-electron chi connectivity index (χ3n) is 5.96. The largest absolute Gasteiger partial charge is 0.447 e. The van der Waals surface area contributed by atoms with Crippen molar-refractivity contribution in [1.29, 1.82) is 0 Å². The Balaban J connectivity index is 2.19. The minimum absolute atomic E-state index is 0.0686. The maximum atomic E-state index is 13.3. The Morgan fingerprint density at radius 3 is 2.18 bits per heavy atom. The average molecular weight is 388 g/mol. The number of amides is 2. The number of allylic oxidation sites excluding steroid dienone is 6. The second kappa shape index (κ2) is 10.6. The van der Waals surface area contributed by atoms with Crippen molar-refractivity contribution < 1.29 is 14.3 Å². The van der Waals surface area contributed by atoms with E-state index in [1.54, 1.807) is 0 Å². The lowest BCUT2D eigenvalue weighted by Crippen LogP contribution is -2.44. The van der Waals surface area contributed by atoms with Crippen LogP contribution in [0.5, 0.6) is 0 Å². The van der Waals surface area contributed by atoms with E-state index in [1.807, 2.05) is 13.8 Å². The zero-order valence-electron chi connectivity index (χ0n) is 18.3. The number of cyclic esters (lactones) is 1. The Morgan fingerprint density at radius 2 is 1.57 bits per heavy atom. The molecule has 0 saturated carbocycles. The first kappa shape index (κ1) is 22.4. The number of carbonyl (C=O) groups excluding carboxylic acids is 2. The van der Waals surface area contributed by atoms with Crippen LogP contribution >= 0.6 is 0 Å². The molecule has 0 aromatic heterocycles. The minimum Gasteiger partial charge on any atom is -0.447 e. The molecule has 0 N–H and O–H groups in total. The monoisotopic (exact) mass is 387 g/mol. The predicted molar refractivity (Wildman–Crippen MR) is 114 cm³/mol. The van der Waals surface area contributed by atoms with Gasteiger partial charge in [0.05, 0.1) is 6.04 Å². The molecular formula is C24H37NO3. The van der Waals surface area contributed by atoms with Crippen molar-refractivity contribution in [2.24, 2.45) is 11.8 Å². The van der Waals surface area contributed by atoms with Crippen LogP contribution in [-0.4, -0.2) is 29.5 Å². The van der Waals surface area contributed by atoms with Gasteiger partial charge in [-0.15, -0.1) is 0 Å². The van der Waals surface area contributed by atoms with Crippen molar-refractivity contribution in [3.8, 4) is 0 Å². The van der Waals surface area contributed by atoms with Gasteiger partial charge in [0.15, 0.2) is 0 Å². The molecule has 2 aliphatic rings. The molecule has 28 heavy (non-hydrogen) atoms. The van der Waals surface area contributed by atoms with E-state index in [9.17, 15) is 9.59 Å². The molecule has 1 saturated heterocycles. The Kier molecular flexibility index (Phi) is 8.53. The van der Waals surface area contributed by atoms with E-state index in [4.69, 9.17) is 4.74 Å². The van der Waals surface area contributed by atoms with E-state index in [0.717, 1.165) is 38.5 Å². The molecule has 4 nitrogen and oxygen atoms in total. The van der Waals surface area contributed by atoms with Crippen LogP contribution in [0.1, 0.15) is 79.6 Å². The number of ether oxygens (including phenoxy) is 1. The van der Waals surface area contributed by atoms with Gasteiger partial charge < -0.3 is 4.74 Å². The van der Waals surface area contributed by atoms with E-state index in [1.165, 1.54) is 21.6 Å². The average Bonchev–Trinajstić information content (AvgIpc) is 3.02. The van der Waals surface area contributed by atoms with Crippen LogP contribution in [0.25, 0.3) is 0 Å². The first-order valence-corrected chi connectivity index (χ1v) is 10.8. The van der Waals surface area contributed by atoms with Crippen LogP contribution in [0, 0.1) is 11.8 Å². The van der Waals surface area contributed by atoms with Gasteiger partial charge in [-0.05, 0) is 71.6 Å². The highest BCUT2D eigenvalue weighted by molar-refractivity contribution is 5.94. The quantitative estimate of drug-likeness (QED) is 0.531. The van der Waals surface area contributed by atoms with Crippen molar-refractivity contribution in [3.05, 3.63) is 34.9 Å². The number of imide groups is 1. The smallest absolute Gasteiger partial charge is 0.416 e. The number of hydrogen-bond acceptors (Lipinski definition) is 3. The van der Waals surface area contributed by atoms with Gasteiger partial charge in [-0.3, -0.25) is 4.79 Å². The predicted octanol–water partition coefficient (Wildman–Crippen LogP) is 6.19. The summed E-state index contributed by atoms with van der Waals surface area (Å²) in [5, 5.41) is 0. The van der Waals surface area contributed by atoms with Crippen LogP contribution in [0.15, 0.2) is 34.9 Å². The number of nitrogens with zero attached hydrogens (tertiary/aromatic N) is 1. The van der Waals surface area contributed by atoms with Crippen molar-refractivity contribution >= 4 is 12.0 Å². The summed E-state index contributed by atoms with van der Waals surface area (Å²) in [5.41, 5.74) is 4.09. The molecule has 0 aromatic rings. The van der Waals surface area contributed by atoms with E-state index in [2.05, 4.69) is 39.0 Å². The molecule has 0 bridgehead atoms. The van der Waals surface area contributed by atoms with Crippen LogP contribution in [0.2, 0.25) is 0 Å². The van der Waals surface area contributed by atoms with Gasteiger partial charge in [0, 0.05) is 5.92 Å². The number of carbonyl (C=O) groups is 2. The molecule has 1 heterocycles. The van der Waals surface area contributed by atoms with Gasteiger partial charge in [-0.1, -0.05) is 48.8 Å². The zero-order valence-corrected chi connectivity index (χ0v) is 18.3. The summed E-state index contributed by atoms with van der Waals surface area (Å²) in [6, 6.07) is -0.150. The van der Waals surface area contributed by atoms with Gasteiger partial charge in [0.25, 0.3) is 0 Å². The summed E-state index contributed by atoms with van der Waals surface area (Å²) in [6.07, 6.45) is 12.9. The molecule has 156 valence electrons. The highest BCUT2D eigenvalue weighted by Gasteiger charge is 2.41. The Hall–Kier alpha value is -1.84. The van der Waals surface area contributed by atoms with E-state index in [0.29, 0.717) is 13.0 Å². The van der Waals surface area contributed by atoms with Gasteiger partial charge in [0.2, 0.25) is 5.91 Å². The van der Waals surface area contributed by atoms with E-state index >= 15 is 0 Å². The van der Waals surface area contributed by atoms with E-state index < -0.39 is 6.09 Å². The van der Waals surface area contributed by atoms with Crippen LogP contribution < -0.4 is 0 Å². The maximum Gasteiger partial charge on any atom is 0.416 e. The van der Waals surface area contributed by atoms with Crippen molar-refractivity contribution in [3.63, 3.8) is 0 Å². The Bertz CT molecular complexity index is 657. The zero-order chi connectivity index (χ0) is 20.7. The Morgan fingerprint density at radius 1 is 1.00 bits per heavy atom. The first-order valence-electron chi connectivity index (χ1n) is 10.8. The Labute approximate surface area is 170 Å². The van der Waals surface area contributed by atoms with Gasteiger partial charge in [0.1, 0.15) is 6.61 Å². The number of rotatable bonds is 2. The molecule has 1 aliphatic heterocycles. The lowest BCUT2D eigenvalue weighted by atomic mass is 9.92. The highest BCUT2D eigenvalue weighted by Crippen LogP contribution is 2.27. The molecule has 1 fully saturated rings. The third kappa shape index (κ3) is 6.35. The minimum atomic E-state index is -0.475. The molecule has 4 heteroatoms. The third-order valence-corrected chi connectivity index (χ3v) is 5.96. The number of hydrogen-bond donors (Lipinski definition) is 0. The van der Waals surface area contributed by atoms with Crippen LogP contribution in [0.3, 0.4) is 0 Å². The van der Waals surface area contributed by atoms with Gasteiger partial charge in [-0.25, -0.2) is 9.69 Å². The molecule has 0 aromatic carbocycles.